The average Bonchev–Trinajstić information content (AvgIpc) is 3.45. The van der Waals surface area contributed by atoms with E-state index in [-0.39, 0.29) is 23.8 Å². The normalized spacial score (nSPS) is 17.9. The Morgan fingerprint density at radius 2 is 1.92 bits per heavy atom. The Kier molecular flexibility index (Phi) is 6.68. The standard InChI is InChI=1S/C30H34N4O2/c1-19(2)23-17-25(20(3)4)32-30-29(23)24(18-31)27(11-12-28(35)33-13-15-36-16-14-33)34(30)26-10-9-21-7-5-6-8-22(21)26/h5-8,11-12,17,19-20,26H,9-10,13-16H2,1-4H3. The number of benzene rings is 1. The van der Waals surface area contributed by atoms with E-state index < -0.39 is 0 Å². The number of hydrogen-bond donors (Lipinski definition) is 0. The first-order chi connectivity index (χ1) is 17.4. The van der Waals surface area contributed by atoms with Crippen molar-refractivity contribution in [2.24, 2.45) is 0 Å². The summed E-state index contributed by atoms with van der Waals surface area (Å²) in [5.74, 6) is 0.447. The van der Waals surface area contributed by atoms with Crippen LogP contribution >= 0.6 is 0 Å². The summed E-state index contributed by atoms with van der Waals surface area (Å²) < 4.78 is 7.64. The number of carbonyl (C=O) groups is 1. The zero-order chi connectivity index (χ0) is 25.4. The van der Waals surface area contributed by atoms with Crippen molar-refractivity contribution in [1.29, 1.82) is 5.26 Å². The van der Waals surface area contributed by atoms with Crippen LogP contribution in [0.15, 0.2) is 36.4 Å². The summed E-state index contributed by atoms with van der Waals surface area (Å²) in [5.41, 5.74) is 7.00. The molecule has 2 aromatic heterocycles. The van der Waals surface area contributed by atoms with Crippen molar-refractivity contribution in [2.75, 3.05) is 26.3 Å². The maximum Gasteiger partial charge on any atom is 0.246 e. The minimum absolute atomic E-state index is 0.0503. The van der Waals surface area contributed by atoms with Crippen molar-refractivity contribution < 1.29 is 9.53 Å². The van der Waals surface area contributed by atoms with Crippen LogP contribution < -0.4 is 0 Å². The third-order valence-electron chi connectivity index (χ3n) is 7.49. The Morgan fingerprint density at radius 1 is 1.17 bits per heavy atom. The van der Waals surface area contributed by atoms with Crippen LogP contribution in [0.25, 0.3) is 17.1 Å². The van der Waals surface area contributed by atoms with Gasteiger partial charge in [-0.15, -0.1) is 0 Å². The number of morpholine rings is 1. The molecule has 0 spiro atoms. The van der Waals surface area contributed by atoms with Crippen LogP contribution in [-0.2, 0) is 16.0 Å². The molecule has 1 aliphatic heterocycles. The summed E-state index contributed by atoms with van der Waals surface area (Å²) in [7, 11) is 0. The molecular formula is C30H34N4O2. The lowest BCUT2D eigenvalue weighted by atomic mass is 9.95. The van der Waals surface area contributed by atoms with Gasteiger partial charge in [0.15, 0.2) is 0 Å². The number of aryl methyl sites for hydroxylation is 1. The first-order valence-electron chi connectivity index (χ1n) is 13.0. The number of fused-ring (bicyclic) bond motifs is 2. The molecule has 1 amide bonds. The summed E-state index contributed by atoms with van der Waals surface area (Å²) >= 11 is 0. The maximum atomic E-state index is 13.0. The molecule has 0 N–H and O–H groups in total. The van der Waals surface area contributed by atoms with E-state index in [9.17, 15) is 10.1 Å². The van der Waals surface area contributed by atoms with Gasteiger partial charge in [0.05, 0.1) is 30.5 Å². The molecule has 6 nitrogen and oxygen atoms in total. The van der Waals surface area contributed by atoms with Crippen LogP contribution in [0.4, 0.5) is 0 Å². The van der Waals surface area contributed by atoms with Gasteiger partial charge in [-0.3, -0.25) is 4.79 Å². The van der Waals surface area contributed by atoms with Crippen LogP contribution in [-0.4, -0.2) is 46.7 Å². The fraction of sp³-hybridized carbons (Fsp3) is 0.433. The molecule has 3 aromatic rings. The number of carbonyl (C=O) groups excluding carboxylic acids is 1. The van der Waals surface area contributed by atoms with Gasteiger partial charge in [0.2, 0.25) is 5.91 Å². The van der Waals surface area contributed by atoms with Crippen LogP contribution in [0.3, 0.4) is 0 Å². The molecule has 6 heteroatoms. The van der Waals surface area contributed by atoms with Gasteiger partial charge in [-0.25, -0.2) is 4.98 Å². The number of hydrogen-bond acceptors (Lipinski definition) is 4. The average molecular weight is 483 g/mol. The summed E-state index contributed by atoms with van der Waals surface area (Å²) in [6.45, 7) is 10.9. The van der Waals surface area contributed by atoms with Gasteiger partial charge in [0, 0.05) is 30.2 Å². The number of pyridine rings is 1. The van der Waals surface area contributed by atoms with Crippen molar-refractivity contribution in [3.8, 4) is 6.07 Å². The fourth-order valence-electron chi connectivity index (χ4n) is 5.55. The Hall–Kier alpha value is -3.43. The van der Waals surface area contributed by atoms with E-state index in [2.05, 4.69) is 68.7 Å². The van der Waals surface area contributed by atoms with E-state index >= 15 is 0 Å². The molecule has 0 bridgehead atoms. The highest BCUT2D eigenvalue weighted by Crippen LogP contribution is 2.42. The first kappa shape index (κ1) is 24.3. The maximum absolute atomic E-state index is 13.0. The number of aromatic nitrogens is 2. The minimum Gasteiger partial charge on any atom is -0.378 e. The number of amides is 1. The monoisotopic (exact) mass is 482 g/mol. The quantitative estimate of drug-likeness (QED) is 0.446. The molecule has 3 heterocycles. The van der Waals surface area contributed by atoms with E-state index in [1.54, 1.807) is 11.0 Å². The molecule has 1 fully saturated rings. The number of nitriles is 1. The summed E-state index contributed by atoms with van der Waals surface area (Å²) in [6, 6.07) is 13.3. The molecule has 1 saturated heterocycles. The lowest BCUT2D eigenvalue weighted by Gasteiger charge is -2.25. The fourth-order valence-corrected chi connectivity index (χ4v) is 5.55. The van der Waals surface area contributed by atoms with Gasteiger partial charge in [-0.05, 0) is 53.5 Å². The predicted molar refractivity (Wildman–Crippen MR) is 142 cm³/mol. The molecule has 1 aromatic carbocycles. The first-order valence-corrected chi connectivity index (χ1v) is 13.0. The molecule has 186 valence electrons. The topological polar surface area (TPSA) is 71.2 Å². The zero-order valence-electron chi connectivity index (χ0n) is 21.6. The second kappa shape index (κ2) is 9.91. The minimum atomic E-state index is -0.0503. The third-order valence-corrected chi connectivity index (χ3v) is 7.49. The molecule has 0 radical (unpaired) electrons. The Morgan fingerprint density at radius 3 is 2.61 bits per heavy atom. The second-order valence-corrected chi connectivity index (χ2v) is 10.4. The van der Waals surface area contributed by atoms with Gasteiger partial charge in [0.25, 0.3) is 0 Å². The SMILES string of the molecule is CC(C)c1cc(C(C)C)c2c(C#N)c(C=CC(=O)N3CCOCC3)n(C3CCc4ccccc43)c2n1. The van der Waals surface area contributed by atoms with Crippen LogP contribution in [0.1, 0.15) is 85.6 Å². The lowest BCUT2D eigenvalue weighted by molar-refractivity contribution is -0.129. The summed E-state index contributed by atoms with van der Waals surface area (Å²) in [5, 5.41) is 11.3. The van der Waals surface area contributed by atoms with E-state index in [1.165, 1.54) is 11.1 Å². The highest BCUT2D eigenvalue weighted by atomic mass is 16.5. The van der Waals surface area contributed by atoms with Crippen molar-refractivity contribution >= 4 is 23.0 Å². The van der Waals surface area contributed by atoms with Crippen LogP contribution in [0, 0.1) is 11.3 Å². The van der Waals surface area contributed by atoms with Gasteiger partial charge >= 0.3 is 0 Å². The van der Waals surface area contributed by atoms with E-state index in [4.69, 9.17) is 9.72 Å². The van der Waals surface area contributed by atoms with Crippen LogP contribution in [0.2, 0.25) is 0 Å². The zero-order valence-corrected chi connectivity index (χ0v) is 21.6. The van der Waals surface area contributed by atoms with E-state index in [1.807, 2.05) is 6.08 Å². The molecule has 5 rings (SSSR count). The Labute approximate surface area is 213 Å². The van der Waals surface area contributed by atoms with Gasteiger partial charge in [0.1, 0.15) is 11.7 Å². The number of nitrogens with zero attached hydrogens (tertiary/aromatic N) is 4. The summed E-state index contributed by atoms with van der Waals surface area (Å²) in [4.78, 5) is 20.0. The lowest BCUT2D eigenvalue weighted by Crippen LogP contribution is -2.39. The Balaban J connectivity index is 1.75. The molecular weight excluding hydrogens is 448 g/mol. The molecule has 1 atom stereocenters. The van der Waals surface area contributed by atoms with Crippen molar-refractivity contribution in [2.45, 2.75) is 58.4 Å². The molecule has 0 saturated carbocycles. The van der Waals surface area contributed by atoms with Gasteiger partial charge < -0.3 is 14.2 Å². The van der Waals surface area contributed by atoms with Crippen molar-refractivity contribution in [3.63, 3.8) is 0 Å². The van der Waals surface area contributed by atoms with E-state index in [0.29, 0.717) is 31.9 Å². The highest BCUT2D eigenvalue weighted by molar-refractivity contribution is 5.96. The smallest absolute Gasteiger partial charge is 0.246 e. The van der Waals surface area contributed by atoms with Crippen LogP contribution in [0.5, 0.6) is 0 Å². The largest absolute Gasteiger partial charge is 0.378 e. The third kappa shape index (κ3) is 4.22. The van der Waals surface area contributed by atoms with Gasteiger partial charge in [-0.1, -0.05) is 52.0 Å². The van der Waals surface area contributed by atoms with Crippen molar-refractivity contribution in [3.05, 3.63) is 70.0 Å². The second-order valence-electron chi connectivity index (χ2n) is 10.4. The Bertz CT molecular complexity index is 1370. The summed E-state index contributed by atoms with van der Waals surface area (Å²) in [6.07, 6.45) is 5.39. The predicted octanol–water partition coefficient (Wildman–Crippen LogP) is 5.56. The highest BCUT2D eigenvalue weighted by Gasteiger charge is 2.31. The van der Waals surface area contributed by atoms with E-state index in [0.717, 1.165) is 40.8 Å². The van der Waals surface area contributed by atoms with Crippen molar-refractivity contribution in [1.82, 2.24) is 14.5 Å². The molecule has 1 aliphatic carbocycles. The molecule has 1 unspecified atom stereocenters. The number of ether oxygens (including phenoxy) is 1. The number of rotatable bonds is 5. The van der Waals surface area contributed by atoms with Gasteiger partial charge in [-0.2, -0.15) is 5.26 Å². The molecule has 2 aliphatic rings. The molecule has 36 heavy (non-hydrogen) atoms.